The maximum absolute atomic E-state index is 13.1. The quantitative estimate of drug-likeness (QED) is 0.517. The van der Waals surface area contributed by atoms with E-state index in [-0.39, 0.29) is 5.69 Å². The Hall–Kier alpha value is -2.05. The summed E-state index contributed by atoms with van der Waals surface area (Å²) < 4.78 is 54.5. The largest absolute Gasteiger partial charge is 0.465 e. The Bertz CT molecular complexity index is 468. The van der Waals surface area contributed by atoms with Crippen molar-refractivity contribution >= 4 is 11.7 Å². The summed E-state index contributed by atoms with van der Waals surface area (Å²) in [5.41, 5.74) is -1.73. The molecule has 0 spiro atoms. The molecule has 7 heteroatoms. The molecule has 0 aromatic heterocycles. The van der Waals surface area contributed by atoms with E-state index in [1.165, 1.54) is 18.2 Å². The van der Waals surface area contributed by atoms with Gasteiger partial charge < -0.3 is 10.1 Å². The van der Waals surface area contributed by atoms with Crippen LogP contribution in [0.4, 0.5) is 23.2 Å². The van der Waals surface area contributed by atoms with Crippen molar-refractivity contribution in [3.05, 3.63) is 41.9 Å². The van der Waals surface area contributed by atoms with Crippen molar-refractivity contribution in [3.8, 4) is 0 Å². The highest BCUT2D eigenvalue weighted by Gasteiger charge is 2.39. The van der Waals surface area contributed by atoms with Crippen molar-refractivity contribution in [2.75, 3.05) is 12.4 Å². The zero-order valence-electron chi connectivity index (χ0n) is 9.22. The van der Waals surface area contributed by atoms with Gasteiger partial charge in [-0.1, -0.05) is 12.1 Å². The van der Waals surface area contributed by atoms with Gasteiger partial charge in [-0.05, 0) is 12.1 Å². The molecule has 0 saturated carbocycles. The van der Waals surface area contributed by atoms with Gasteiger partial charge in [-0.25, -0.2) is 9.18 Å². The van der Waals surface area contributed by atoms with E-state index in [9.17, 15) is 22.4 Å². The zero-order valence-corrected chi connectivity index (χ0v) is 9.22. The van der Waals surface area contributed by atoms with Crippen molar-refractivity contribution in [3.63, 3.8) is 0 Å². The number of anilines is 1. The predicted octanol–water partition coefficient (Wildman–Crippen LogP) is 2.86. The number of benzene rings is 1. The summed E-state index contributed by atoms with van der Waals surface area (Å²) in [6.07, 6.45) is -4.52. The first-order valence-corrected chi connectivity index (χ1v) is 4.73. The summed E-state index contributed by atoms with van der Waals surface area (Å²) in [4.78, 5) is 10.9. The van der Waals surface area contributed by atoms with Gasteiger partial charge in [0.05, 0.1) is 12.8 Å². The molecular weight excluding hydrogens is 254 g/mol. The normalized spacial score (nSPS) is 12.2. The number of alkyl halides is 3. The lowest BCUT2D eigenvalue weighted by Gasteiger charge is -2.10. The molecule has 0 heterocycles. The molecule has 0 aliphatic carbocycles. The molecule has 0 radical (unpaired) electrons. The SMILES string of the molecule is COC(=O)/C(=C\Nc1ccccc1F)C(F)(F)F. The summed E-state index contributed by atoms with van der Waals surface area (Å²) in [5.74, 6) is -2.29. The van der Waals surface area contributed by atoms with Crippen LogP contribution in [0, 0.1) is 5.82 Å². The monoisotopic (exact) mass is 263 g/mol. The highest BCUT2D eigenvalue weighted by atomic mass is 19.4. The molecule has 0 aliphatic rings. The Labute approximate surface area is 100 Å². The summed E-state index contributed by atoms with van der Waals surface area (Å²) in [6.45, 7) is 0. The minimum absolute atomic E-state index is 0.178. The fourth-order valence-corrected chi connectivity index (χ4v) is 1.09. The second-order valence-corrected chi connectivity index (χ2v) is 3.17. The van der Waals surface area contributed by atoms with Gasteiger partial charge in [-0.2, -0.15) is 13.2 Å². The van der Waals surface area contributed by atoms with Crippen LogP contribution in [0.15, 0.2) is 36.0 Å². The van der Waals surface area contributed by atoms with E-state index in [4.69, 9.17) is 0 Å². The van der Waals surface area contributed by atoms with Gasteiger partial charge >= 0.3 is 12.1 Å². The maximum atomic E-state index is 13.1. The molecule has 18 heavy (non-hydrogen) atoms. The van der Waals surface area contributed by atoms with Crippen molar-refractivity contribution in [1.29, 1.82) is 0 Å². The minimum atomic E-state index is -4.88. The Morgan fingerprint density at radius 1 is 1.33 bits per heavy atom. The number of methoxy groups -OCH3 is 1. The van der Waals surface area contributed by atoms with Crippen molar-refractivity contribution in [2.24, 2.45) is 0 Å². The lowest BCUT2D eigenvalue weighted by molar-refractivity contribution is -0.148. The van der Waals surface area contributed by atoms with Crippen molar-refractivity contribution in [1.82, 2.24) is 0 Å². The van der Waals surface area contributed by atoms with Gasteiger partial charge in [0.2, 0.25) is 0 Å². The summed E-state index contributed by atoms with van der Waals surface area (Å²) in [5, 5.41) is 2.08. The van der Waals surface area contributed by atoms with E-state index in [2.05, 4.69) is 10.1 Å². The molecule has 98 valence electrons. The number of carbonyl (C=O) groups excluding carboxylic acids is 1. The van der Waals surface area contributed by atoms with Crippen LogP contribution >= 0.6 is 0 Å². The van der Waals surface area contributed by atoms with Gasteiger partial charge in [0.15, 0.2) is 5.57 Å². The molecule has 1 rings (SSSR count). The Morgan fingerprint density at radius 3 is 2.44 bits per heavy atom. The van der Waals surface area contributed by atoms with Gasteiger partial charge in [0.25, 0.3) is 0 Å². The van der Waals surface area contributed by atoms with E-state index < -0.39 is 23.5 Å². The third kappa shape index (κ3) is 3.47. The summed E-state index contributed by atoms with van der Waals surface area (Å²) >= 11 is 0. The first kappa shape index (κ1) is 14.0. The van der Waals surface area contributed by atoms with Gasteiger partial charge in [0.1, 0.15) is 5.82 Å². The molecule has 0 unspecified atom stereocenters. The number of rotatable bonds is 3. The maximum Gasteiger partial charge on any atom is 0.424 e. The first-order valence-electron chi connectivity index (χ1n) is 4.73. The topological polar surface area (TPSA) is 38.3 Å². The van der Waals surface area contributed by atoms with Crippen molar-refractivity contribution in [2.45, 2.75) is 6.18 Å². The fraction of sp³-hybridized carbons (Fsp3) is 0.182. The fourth-order valence-electron chi connectivity index (χ4n) is 1.09. The van der Waals surface area contributed by atoms with Gasteiger partial charge in [0, 0.05) is 6.20 Å². The van der Waals surface area contributed by atoms with E-state index in [0.29, 0.717) is 6.20 Å². The van der Waals surface area contributed by atoms with Crippen LogP contribution in [0.2, 0.25) is 0 Å². The second kappa shape index (κ2) is 5.52. The summed E-state index contributed by atoms with van der Waals surface area (Å²) in [6, 6.07) is 5.12. The standard InChI is InChI=1S/C11H9F4NO2/c1-18-10(17)7(11(13,14)15)6-16-9-5-3-2-4-8(9)12/h2-6,16H,1H3/b7-6+. The second-order valence-electron chi connectivity index (χ2n) is 3.17. The van der Waals surface area contributed by atoms with E-state index in [1.54, 1.807) is 0 Å². The van der Waals surface area contributed by atoms with Crippen LogP contribution < -0.4 is 5.32 Å². The molecule has 0 bridgehead atoms. The molecule has 0 atom stereocenters. The number of esters is 1. The van der Waals surface area contributed by atoms with Crippen LogP contribution in [-0.4, -0.2) is 19.3 Å². The number of carbonyl (C=O) groups is 1. The third-order valence-electron chi connectivity index (χ3n) is 1.96. The highest BCUT2D eigenvalue weighted by molar-refractivity contribution is 5.90. The van der Waals surface area contributed by atoms with E-state index in [1.807, 2.05) is 0 Å². The van der Waals surface area contributed by atoms with Crippen LogP contribution in [0.1, 0.15) is 0 Å². The van der Waals surface area contributed by atoms with Gasteiger partial charge in [-0.15, -0.1) is 0 Å². The predicted molar refractivity (Wildman–Crippen MR) is 56.2 cm³/mol. The minimum Gasteiger partial charge on any atom is -0.465 e. The Morgan fingerprint density at radius 2 is 1.94 bits per heavy atom. The lowest BCUT2D eigenvalue weighted by Crippen LogP contribution is -2.22. The molecule has 1 N–H and O–H groups in total. The molecule has 0 aliphatic heterocycles. The molecule has 0 amide bonds. The summed E-state index contributed by atoms with van der Waals surface area (Å²) in [7, 11) is 0.824. The average Bonchev–Trinajstić information content (AvgIpc) is 2.29. The Kier molecular flexibility index (Phi) is 4.30. The number of hydrogen-bond donors (Lipinski definition) is 1. The Balaban J connectivity index is 2.98. The number of ether oxygens (including phenoxy) is 1. The van der Waals surface area contributed by atoms with Crippen LogP contribution in [0.3, 0.4) is 0 Å². The molecular formula is C11H9F4NO2. The van der Waals surface area contributed by atoms with E-state index in [0.717, 1.165) is 13.2 Å². The van der Waals surface area contributed by atoms with Crippen LogP contribution in [0.25, 0.3) is 0 Å². The highest BCUT2D eigenvalue weighted by Crippen LogP contribution is 2.26. The molecule has 1 aromatic carbocycles. The first-order chi connectivity index (χ1) is 8.36. The average molecular weight is 263 g/mol. The molecule has 1 aromatic rings. The van der Waals surface area contributed by atoms with Crippen LogP contribution in [-0.2, 0) is 9.53 Å². The third-order valence-corrected chi connectivity index (χ3v) is 1.96. The smallest absolute Gasteiger partial charge is 0.424 e. The number of hydrogen-bond acceptors (Lipinski definition) is 3. The molecule has 3 nitrogen and oxygen atoms in total. The molecule has 0 fully saturated rings. The number of halogens is 4. The number of nitrogens with one attached hydrogen (secondary N) is 1. The number of para-hydroxylation sites is 1. The molecule has 0 saturated heterocycles. The van der Waals surface area contributed by atoms with Crippen LogP contribution in [0.5, 0.6) is 0 Å². The lowest BCUT2D eigenvalue weighted by atomic mass is 10.2. The van der Waals surface area contributed by atoms with Crippen molar-refractivity contribution < 1.29 is 27.1 Å². The van der Waals surface area contributed by atoms with Gasteiger partial charge in [-0.3, -0.25) is 0 Å². The van der Waals surface area contributed by atoms with E-state index >= 15 is 0 Å². The zero-order chi connectivity index (χ0) is 13.8.